The molecule has 2 N–H and O–H groups in total. The van der Waals surface area contributed by atoms with E-state index in [9.17, 15) is 14.4 Å². The molecular weight excluding hydrogens is 344 g/mol. The summed E-state index contributed by atoms with van der Waals surface area (Å²) < 4.78 is 0. The van der Waals surface area contributed by atoms with Gasteiger partial charge in [0.25, 0.3) is 0 Å². The molecule has 25 heavy (non-hydrogen) atoms. The third kappa shape index (κ3) is 4.04. The van der Waals surface area contributed by atoms with Gasteiger partial charge in [-0.25, -0.2) is 4.79 Å². The molecule has 1 aromatic carbocycles. The predicted octanol–water partition coefficient (Wildman–Crippen LogP) is 1.22. The van der Waals surface area contributed by atoms with Gasteiger partial charge in [0.05, 0.1) is 5.92 Å². The van der Waals surface area contributed by atoms with Crippen LogP contribution in [-0.4, -0.2) is 55.0 Å². The first-order valence-electron chi connectivity index (χ1n) is 8.33. The number of carbonyl (C=O) groups excluding carboxylic acids is 3. The number of urea groups is 1. The maximum atomic E-state index is 12.5. The average molecular weight is 365 g/mol. The molecule has 2 atom stereocenters. The van der Waals surface area contributed by atoms with E-state index in [4.69, 9.17) is 11.6 Å². The SMILES string of the molecule is CC1NC(=O)NC(=O)C1CC(=O)N1CCN(c2cccc(Cl)c2)CC1. The molecule has 0 radical (unpaired) electrons. The van der Waals surface area contributed by atoms with Crippen LogP contribution in [0.1, 0.15) is 13.3 Å². The van der Waals surface area contributed by atoms with Crippen LogP contribution in [0.2, 0.25) is 5.02 Å². The molecule has 1 aromatic rings. The molecule has 0 bridgehead atoms. The summed E-state index contributed by atoms with van der Waals surface area (Å²) in [6, 6.07) is 6.80. The predicted molar refractivity (Wildman–Crippen MR) is 94.5 cm³/mol. The highest BCUT2D eigenvalue weighted by Gasteiger charge is 2.35. The number of amides is 4. The number of imide groups is 1. The van der Waals surface area contributed by atoms with Crippen LogP contribution < -0.4 is 15.5 Å². The lowest BCUT2D eigenvalue weighted by atomic mass is 9.94. The van der Waals surface area contributed by atoms with Gasteiger partial charge < -0.3 is 15.1 Å². The van der Waals surface area contributed by atoms with E-state index in [0.717, 1.165) is 18.8 Å². The van der Waals surface area contributed by atoms with E-state index in [2.05, 4.69) is 15.5 Å². The summed E-state index contributed by atoms with van der Waals surface area (Å²) >= 11 is 6.03. The van der Waals surface area contributed by atoms with Crippen molar-refractivity contribution < 1.29 is 14.4 Å². The van der Waals surface area contributed by atoms with Gasteiger partial charge in [0.2, 0.25) is 11.8 Å². The van der Waals surface area contributed by atoms with Gasteiger partial charge >= 0.3 is 6.03 Å². The number of hydrogen-bond acceptors (Lipinski definition) is 4. The third-order valence-corrected chi connectivity index (χ3v) is 4.97. The fourth-order valence-corrected chi connectivity index (χ4v) is 3.43. The lowest BCUT2D eigenvalue weighted by Crippen LogP contribution is -2.58. The fourth-order valence-electron chi connectivity index (χ4n) is 3.25. The van der Waals surface area contributed by atoms with E-state index in [1.807, 2.05) is 24.3 Å². The molecule has 0 saturated carbocycles. The number of anilines is 1. The van der Waals surface area contributed by atoms with Crippen LogP contribution in [0.25, 0.3) is 0 Å². The number of halogens is 1. The van der Waals surface area contributed by atoms with Crippen LogP contribution in [-0.2, 0) is 9.59 Å². The Labute approximate surface area is 151 Å². The maximum Gasteiger partial charge on any atom is 0.321 e. The molecule has 0 aromatic heterocycles. The first-order chi connectivity index (χ1) is 11.9. The van der Waals surface area contributed by atoms with Crippen LogP contribution in [0.5, 0.6) is 0 Å². The number of hydrogen-bond donors (Lipinski definition) is 2. The first-order valence-corrected chi connectivity index (χ1v) is 8.71. The Morgan fingerprint density at radius 3 is 2.60 bits per heavy atom. The molecule has 3 rings (SSSR count). The van der Waals surface area contributed by atoms with Crippen molar-refractivity contribution in [3.8, 4) is 0 Å². The van der Waals surface area contributed by atoms with Gasteiger partial charge in [-0.2, -0.15) is 0 Å². The van der Waals surface area contributed by atoms with Crippen LogP contribution >= 0.6 is 11.6 Å². The zero-order valence-electron chi connectivity index (χ0n) is 14.0. The molecule has 4 amide bonds. The van der Waals surface area contributed by atoms with Gasteiger partial charge in [0.1, 0.15) is 0 Å². The molecule has 2 unspecified atom stereocenters. The molecule has 2 heterocycles. The van der Waals surface area contributed by atoms with E-state index in [1.165, 1.54) is 0 Å². The highest BCUT2D eigenvalue weighted by atomic mass is 35.5. The largest absolute Gasteiger partial charge is 0.368 e. The van der Waals surface area contributed by atoms with Crippen LogP contribution in [0.4, 0.5) is 10.5 Å². The minimum Gasteiger partial charge on any atom is -0.368 e. The molecule has 2 aliphatic heterocycles. The third-order valence-electron chi connectivity index (χ3n) is 4.74. The summed E-state index contributed by atoms with van der Waals surface area (Å²) in [6.45, 7) is 4.37. The van der Waals surface area contributed by atoms with Crippen molar-refractivity contribution in [1.82, 2.24) is 15.5 Å². The summed E-state index contributed by atoms with van der Waals surface area (Å²) in [5, 5.41) is 5.55. The van der Waals surface area contributed by atoms with Gasteiger partial charge in [0.15, 0.2) is 0 Å². The summed E-state index contributed by atoms with van der Waals surface area (Å²) in [7, 11) is 0. The van der Waals surface area contributed by atoms with Crippen LogP contribution in [0, 0.1) is 5.92 Å². The zero-order chi connectivity index (χ0) is 18.0. The van der Waals surface area contributed by atoms with Crippen LogP contribution in [0.15, 0.2) is 24.3 Å². The number of rotatable bonds is 3. The highest BCUT2D eigenvalue weighted by Crippen LogP contribution is 2.22. The van der Waals surface area contributed by atoms with Gasteiger partial charge in [-0.3, -0.25) is 14.9 Å². The molecule has 2 fully saturated rings. The fraction of sp³-hybridized carbons (Fsp3) is 0.471. The van der Waals surface area contributed by atoms with Crippen molar-refractivity contribution in [2.75, 3.05) is 31.1 Å². The highest BCUT2D eigenvalue weighted by molar-refractivity contribution is 6.30. The van der Waals surface area contributed by atoms with Gasteiger partial charge in [-0.1, -0.05) is 17.7 Å². The Hall–Kier alpha value is -2.28. The molecule has 2 aliphatic rings. The Morgan fingerprint density at radius 2 is 1.96 bits per heavy atom. The molecule has 8 heteroatoms. The minimum absolute atomic E-state index is 0.0612. The topological polar surface area (TPSA) is 81.8 Å². The quantitative estimate of drug-likeness (QED) is 0.845. The minimum atomic E-state index is -0.531. The van der Waals surface area contributed by atoms with Crippen LogP contribution in [0.3, 0.4) is 0 Å². The standard InChI is InChI=1S/C17H21ClN4O3/c1-11-14(16(24)20-17(25)19-11)10-15(23)22-7-5-21(6-8-22)13-4-2-3-12(18)9-13/h2-4,9,11,14H,5-8,10H2,1H3,(H2,19,20,24,25). The molecule has 7 nitrogen and oxygen atoms in total. The second kappa shape index (κ2) is 7.31. The van der Waals surface area contributed by atoms with E-state index >= 15 is 0 Å². The average Bonchev–Trinajstić information content (AvgIpc) is 2.58. The zero-order valence-corrected chi connectivity index (χ0v) is 14.8. The Kier molecular flexibility index (Phi) is 5.13. The lowest BCUT2D eigenvalue weighted by Gasteiger charge is -2.37. The second-order valence-corrected chi connectivity index (χ2v) is 6.85. The molecular formula is C17H21ClN4O3. The molecule has 134 valence electrons. The molecule has 0 spiro atoms. The first kappa shape index (κ1) is 17.5. The van der Waals surface area contributed by atoms with Crippen molar-refractivity contribution in [3.05, 3.63) is 29.3 Å². The second-order valence-electron chi connectivity index (χ2n) is 6.41. The summed E-state index contributed by atoms with van der Waals surface area (Å²) in [5.41, 5.74) is 1.04. The number of nitrogens with zero attached hydrogens (tertiary/aromatic N) is 2. The lowest BCUT2D eigenvalue weighted by molar-refractivity contribution is -0.137. The molecule has 0 aliphatic carbocycles. The van der Waals surface area contributed by atoms with Crippen molar-refractivity contribution in [2.45, 2.75) is 19.4 Å². The molecule has 2 saturated heterocycles. The van der Waals surface area contributed by atoms with Gasteiger partial charge in [-0.15, -0.1) is 0 Å². The van der Waals surface area contributed by atoms with Crippen molar-refractivity contribution >= 4 is 35.1 Å². The Bertz CT molecular complexity index is 688. The van der Waals surface area contributed by atoms with Crippen molar-refractivity contribution in [1.29, 1.82) is 0 Å². The summed E-state index contributed by atoms with van der Waals surface area (Å²) in [4.78, 5) is 39.7. The van der Waals surface area contributed by atoms with E-state index in [-0.39, 0.29) is 24.3 Å². The summed E-state index contributed by atoms with van der Waals surface area (Å²) in [6.07, 6.45) is 0.102. The smallest absolute Gasteiger partial charge is 0.321 e. The monoisotopic (exact) mass is 364 g/mol. The number of carbonyl (C=O) groups is 3. The number of piperazine rings is 1. The van der Waals surface area contributed by atoms with E-state index in [0.29, 0.717) is 18.1 Å². The van der Waals surface area contributed by atoms with Gasteiger partial charge in [-0.05, 0) is 25.1 Å². The Morgan fingerprint density at radius 1 is 1.24 bits per heavy atom. The normalized spacial score (nSPS) is 23.9. The number of benzene rings is 1. The Balaban J connectivity index is 1.55. The van der Waals surface area contributed by atoms with Crippen molar-refractivity contribution in [3.63, 3.8) is 0 Å². The van der Waals surface area contributed by atoms with Gasteiger partial charge in [0, 0.05) is 49.4 Å². The van der Waals surface area contributed by atoms with E-state index in [1.54, 1.807) is 11.8 Å². The van der Waals surface area contributed by atoms with E-state index < -0.39 is 11.9 Å². The summed E-state index contributed by atoms with van der Waals surface area (Å²) in [5.74, 6) is -0.979. The van der Waals surface area contributed by atoms with Crippen molar-refractivity contribution in [2.24, 2.45) is 5.92 Å². The maximum absolute atomic E-state index is 12.5. The number of nitrogens with one attached hydrogen (secondary N) is 2.